The van der Waals surface area contributed by atoms with Gasteiger partial charge in [-0.25, -0.2) is 0 Å². The van der Waals surface area contributed by atoms with E-state index in [2.05, 4.69) is 20.9 Å². The van der Waals surface area contributed by atoms with Crippen molar-refractivity contribution in [1.29, 1.82) is 0 Å². The Hall–Kier alpha value is -1.10. The standard InChI is InChI=1S/C14H13BrClNO2/c1-2-19-11-5-10(7-17-8-11)14(18)9-3-4-12(15)13(16)6-9/h3-8,14,18H,2H2,1H3. The first-order valence-corrected chi connectivity index (χ1v) is 6.99. The number of aliphatic hydroxyl groups excluding tert-OH is 1. The normalized spacial score (nSPS) is 12.2. The van der Waals surface area contributed by atoms with Crippen molar-refractivity contribution in [1.82, 2.24) is 4.98 Å². The van der Waals surface area contributed by atoms with Gasteiger partial charge in [-0.2, -0.15) is 0 Å². The first-order chi connectivity index (χ1) is 9.11. The molecule has 1 aromatic carbocycles. The third-order valence-electron chi connectivity index (χ3n) is 2.62. The van der Waals surface area contributed by atoms with Crippen molar-refractivity contribution >= 4 is 27.5 Å². The van der Waals surface area contributed by atoms with Gasteiger partial charge in [0.1, 0.15) is 11.9 Å². The molecule has 2 rings (SSSR count). The van der Waals surface area contributed by atoms with Crippen LogP contribution >= 0.6 is 27.5 Å². The van der Waals surface area contributed by atoms with Gasteiger partial charge in [-0.05, 0) is 46.6 Å². The van der Waals surface area contributed by atoms with Gasteiger partial charge in [-0.1, -0.05) is 17.7 Å². The van der Waals surface area contributed by atoms with E-state index in [-0.39, 0.29) is 0 Å². The zero-order valence-corrected chi connectivity index (χ0v) is 12.6. The van der Waals surface area contributed by atoms with E-state index >= 15 is 0 Å². The predicted molar refractivity (Wildman–Crippen MR) is 78.6 cm³/mol. The fourth-order valence-corrected chi connectivity index (χ4v) is 2.14. The number of rotatable bonds is 4. The van der Waals surface area contributed by atoms with Crippen LogP contribution in [0.15, 0.2) is 41.1 Å². The van der Waals surface area contributed by atoms with Crippen LogP contribution in [-0.2, 0) is 0 Å². The van der Waals surface area contributed by atoms with Crippen LogP contribution in [0.4, 0.5) is 0 Å². The second-order valence-corrected chi connectivity index (χ2v) is 5.22. The summed E-state index contributed by atoms with van der Waals surface area (Å²) in [6.45, 7) is 2.46. The van der Waals surface area contributed by atoms with E-state index in [0.29, 0.717) is 28.5 Å². The second-order valence-electron chi connectivity index (χ2n) is 3.96. The molecule has 19 heavy (non-hydrogen) atoms. The maximum atomic E-state index is 10.3. The molecule has 5 heteroatoms. The lowest BCUT2D eigenvalue weighted by atomic mass is 10.0. The van der Waals surface area contributed by atoms with Crippen molar-refractivity contribution in [3.63, 3.8) is 0 Å². The molecular weight excluding hydrogens is 330 g/mol. The van der Waals surface area contributed by atoms with E-state index in [0.717, 1.165) is 4.47 Å². The first-order valence-electron chi connectivity index (χ1n) is 5.82. The highest BCUT2D eigenvalue weighted by Crippen LogP contribution is 2.29. The van der Waals surface area contributed by atoms with Gasteiger partial charge in [-0.15, -0.1) is 0 Å². The van der Waals surface area contributed by atoms with Gasteiger partial charge in [0.15, 0.2) is 0 Å². The van der Waals surface area contributed by atoms with Crippen LogP contribution in [0.3, 0.4) is 0 Å². The van der Waals surface area contributed by atoms with Crippen molar-refractivity contribution in [3.8, 4) is 5.75 Å². The lowest BCUT2D eigenvalue weighted by molar-refractivity contribution is 0.219. The number of benzene rings is 1. The summed E-state index contributed by atoms with van der Waals surface area (Å²) in [7, 11) is 0. The molecule has 3 nitrogen and oxygen atoms in total. The minimum atomic E-state index is -0.779. The Balaban J connectivity index is 2.29. The summed E-state index contributed by atoms with van der Waals surface area (Å²) in [4.78, 5) is 4.06. The molecule has 0 bridgehead atoms. The topological polar surface area (TPSA) is 42.4 Å². The van der Waals surface area contributed by atoms with E-state index in [1.54, 1.807) is 30.6 Å². The molecule has 2 aromatic rings. The van der Waals surface area contributed by atoms with Crippen LogP contribution in [0.1, 0.15) is 24.2 Å². The van der Waals surface area contributed by atoms with Crippen LogP contribution in [0, 0.1) is 0 Å². The molecule has 0 amide bonds. The molecule has 1 unspecified atom stereocenters. The Morgan fingerprint density at radius 2 is 2.11 bits per heavy atom. The quantitative estimate of drug-likeness (QED) is 0.914. The summed E-state index contributed by atoms with van der Waals surface area (Å²) in [6, 6.07) is 7.12. The summed E-state index contributed by atoms with van der Waals surface area (Å²) in [6.07, 6.45) is 2.45. The molecule has 0 aliphatic rings. The smallest absolute Gasteiger partial charge is 0.137 e. The molecule has 1 N–H and O–H groups in total. The number of hydrogen-bond acceptors (Lipinski definition) is 3. The van der Waals surface area contributed by atoms with Crippen LogP contribution in [0.25, 0.3) is 0 Å². The van der Waals surface area contributed by atoms with Crippen molar-refractivity contribution in [2.24, 2.45) is 0 Å². The molecule has 0 spiro atoms. The molecule has 0 saturated heterocycles. The maximum absolute atomic E-state index is 10.3. The van der Waals surface area contributed by atoms with Crippen LogP contribution in [0.5, 0.6) is 5.75 Å². The third kappa shape index (κ3) is 3.47. The summed E-state index contributed by atoms with van der Waals surface area (Å²) in [5.74, 6) is 0.641. The van der Waals surface area contributed by atoms with Gasteiger partial charge in [0.2, 0.25) is 0 Å². The van der Waals surface area contributed by atoms with Crippen LogP contribution in [0.2, 0.25) is 5.02 Å². The lowest BCUT2D eigenvalue weighted by Crippen LogP contribution is -2.01. The number of nitrogens with zero attached hydrogens (tertiary/aromatic N) is 1. The van der Waals surface area contributed by atoms with E-state index < -0.39 is 6.10 Å². The molecule has 1 aromatic heterocycles. The predicted octanol–water partition coefficient (Wildman–Crippen LogP) is 3.98. The molecule has 0 fully saturated rings. The molecular formula is C14H13BrClNO2. The van der Waals surface area contributed by atoms with Gasteiger partial charge in [0, 0.05) is 16.2 Å². The van der Waals surface area contributed by atoms with Crippen LogP contribution in [-0.4, -0.2) is 16.7 Å². The maximum Gasteiger partial charge on any atom is 0.137 e. The summed E-state index contributed by atoms with van der Waals surface area (Å²) in [5, 5.41) is 10.9. The monoisotopic (exact) mass is 341 g/mol. The number of aromatic nitrogens is 1. The average molecular weight is 343 g/mol. The summed E-state index contributed by atoms with van der Waals surface area (Å²) >= 11 is 9.35. The zero-order valence-electron chi connectivity index (χ0n) is 10.3. The molecule has 0 radical (unpaired) electrons. The number of halogens is 2. The zero-order chi connectivity index (χ0) is 13.8. The van der Waals surface area contributed by atoms with Gasteiger partial charge < -0.3 is 9.84 Å². The fraction of sp³-hybridized carbons (Fsp3) is 0.214. The lowest BCUT2D eigenvalue weighted by Gasteiger charge is -2.13. The molecule has 0 saturated carbocycles. The van der Waals surface area contributed by atoms with E-state index in [1.165, 1.54) is 0 Å². The summed E-state index contributed by atoms with van der Waals surface area (Å²) in [5.41, 5.74) is 1.38. The SMILES string of the molecule is CCOc1cncc(C(O)c2ccc(Br)c(Cl)c2)c1. The second kappa shape index (κ2) is 6.37. The average Bonchev–Trinajstić information content (AvgIpc) is 2.42. The molecule has 0 aliphatic heterocycles. The third-order valence-corrected chi connectivity index (χ3v) is 3.85. The van der Waals surface area contributed by atoms with Crippen molar-refractivity contribution < 1.29 is 9.84 Å². The number of aliphatic hydroxyl groups is 1. The minimum Gasteiger partial charge on any atom is -0.492 e. The van der Waals surface area contributed by atoms with Gasteiger partial charge in [0.05, 0.1) is 17.8 Å². The fourth-order valence-electron chi connectivity index (χ4n) is 1.71. The molecule has 1 heterocycles. The molecule has 0 aliphatic carbocycles. The van der Waals surface area contributed by atoms with Crippen molar-refractivity contribution in [2.45, 2.75) is 13.0 Å². The van der Waals surface area contributed by atoms with Gasteiger partial charge in [0.25, 0.3) is 0 Å². The Bertz CT molecular complexity index is 577. The number of hydrogen-bond donors (Lipinski definition) is 1. The molecule has 1 atom stereocenters. The van der Waals surface area contributed by atoms with E-state index in [1.807, 2.05) is 13.0 Å². The Morgan fingerprint density at radius 3 is 2.79 bits per heavy atom. The van der Waals surface area contributed by atoms with Gasteiger partial charge in [-0.3, -0.25) is 4.98 Å². The Kier molecular flexibility index (Phi) is 4.80. The Morgan fingerprint density at radius 1 is 1.32 bits per heavy atom. The number of ether oxygens (including phenoxy) is 1. The van der Waals surface area contributed by atoms with E-state index in [9.17, 15) is 5.11 Å². The highest BCUT2D eigenvalue weighted by Gasteiger charge is 2.13. The number of pyridine rings is 1. The van der Waals surface area contributed by atoms with Crippen molar-refractivity contribution in [2.75, 3.05) is 6.61 Å². The molecule has 100 valence electrons. The Labute approximate surface area is 125 Å². The highest BCUT2D eigenvalue weighted by atomic mass is 79.9. The van der Waals surface area contributed by atoms with Crippen molar-refractivity contribution in [3.05, 3.63) is 57.3 Å². The summed E-state index contributed by atoms with van der Waals surface area (Å²) < 4.78 is 6.17. The first kappa shape index (κ1) is 14.3. The minimum absolute atomic E-state index is 0.561. The van der Waals surface area contributed by atoms with E-state index in [4.69, 9.17) is 16.3 Å². The highest BCUT2D eigenvalue weighted by molar-refractivity contribution is 9.10. The van der Waals surface area contributed by atoms with Gasteiger partial charge >= 0.3 is 0 Å². The largest absolute Gasteiger partial charge is 0.492 e. The van der Waals surface area contributed by atoms with Crippen LogP contribution < -0.4 is 4.74 Å².